The normalized spacial score (nSPS) is 12.2. The van der Waals surface area contributed by atoms with Gasteiger partial charge in [0.05, 0.1) is 38.6 Å². The first-order chi connectivity index (χ1) is 11.0. The fourth-order valence-electron chi connectivity index (χ4n) is 1.95. The topological polar surface area (TPSA) is 68.8 Å². The monoisotopic (exact) mass is 324 g/mol. The molecule has 0 saturated carbocycles. The van der Waals surface area contributed by atoms with Crippen molar-refractivity contribution in [2.24, 2.45) is 0 Å². The Morgan fingerprint density at radius 3 is 2.70 bits per heavy atom. The van der Waals surface area contributed by atoms with E-state index in [0.29, 0.717) is 26.4 Å². The second-order valence-electron chi connectivity index (χ2n) is 5.63. The molecule has 0 bridgehead atoms. The van der Waals surface area contributed by atoms with E-state index in [9.17, 15) is 4.79 Å². The number of rotatable bonds is 10. The largest absolute Gasteiger partial charge is 0.383 e. The molecule has 0 spiro atoms. The van der Waals surface area contributed by atoms with Gasteiger partial charge in [0.1, 0.15) is 0 Å². The maximum Gasteiger partial charge on any atom is 0.319 e. The van der Waals surface area contributed by atoms with Gasteiger partial charge in [0, 0.05) is 12.8 Å². The number of nitrogens with one attached hydrogen (secondary N) is 2. The van der Waals surface area contributed by atoms with Gasteiger partial charge in [0.25, 0.3) is 0 Å². The molecule has 2 amide bonds. The van der Waals surface area contributed by atoms with Crippen molar-refractivity contribution < 1.29 is 19.0 Å². The van der Waals surface area contributed by atoms with Crippen LogP contribution in [0.4, 0.5) is 10.5 Å². The highest BCUT2D eigenvalue weighted by Crippen LogP contribution is 2.11. The minimum absolute atomic E-state index is 0.0486. The molecule has 0 saturated heterocycles. The third kappa shape index (κ3) is 9.18. The van der Waals surface area contributed by atoms with Gasteiger partial charge < -0.3 is 24.8 Å². The summed E-state index contributed by atoms with van der Waals surface area (Å²) in [5.41, 5.74) is 1.73. The molecule has 0 heterocycles. The van der Waals surface area contributed by atoms with Crippen LogP contribution in [0.2, 0.25) is 0 Å². The van der Waals surface area contributed by atoms with E-state index in [2.05, 4.69) is 10.6 Å². The van der Waals surface area contributed by atoms with E-state index >= 15 is 0 Å². The molecule has 0 aliphatic heterocycles. The summed E-state index contributed by atoms with van der Waals surface area (Å²) >= 11 is 0. The van der Waals surface area contributed by atoms with Crippen molar-refractivity contribution in [2.45, 2.75) is 39.5 Å². The lowest BCUT2D eigenvalue weighted by Gasteiger charge is -2.14. The molecular weight excluding hydrogens is 296 g/mol. The van der Waals surface area contributed by atoms with E-state index in [1.165, 1.54) is 0 Å². The Bertz CT molecular complexity index is 466. The number of benzene rings is 1. The number of ether oxygens (including phenoxy) is 3. The molecule has 23 heavy (non-hydrogen) atoms. The molecule has 0 radical (unpaired) electrons. The van der Waals surface area contributed by atoms with E-state index in [4.69, 9.17) is 14.2 Å². The summed E-state index contributed by atoms with van der Waals surface area (Å²) < 4.78 is 16.0. The molecule has 1 rings (SSSR count). The van der Waals surface area contributed by atoms with Gasteiger partial charge in [-0.15, -0.1) is 0 Å². The Hall–Kier alpha value is -1.63. The van der Waals surface area contributed by atoms with Crippen LogP contribution in [-0.4, -0.2) is 45.1 Å². The molecule has 2 N–H and O–H groups in total. The molecule has 130 valence electrons. The minimum Gasteiger partial charge on any atom is -0.383 e. The van der Waals surface area contributed by atoms with Crippen LogP contribution in [0.15, 0.2) is 24.3 Å². The van der Waals surface area contributed by atoms with Gasteiger partial charge in [-0.25, -0.2) is 4.79 Å². The van der Waals surface area contributed by atoms with E-state index in [1.54, 1.807) is 7.11 Å². The molecular formula is C17H28N2O4. The van der Waals surface area contributed by atoms with Crippen LogP contribution >= 0.6 is 0 Å². The summed E-state index contributed by atoms with van der Waals surface area (Å²) in [5.74, 6) is 0. The number of carbonyl (C=O) groups is 1. The van der Waals surface area contributed by atoms with Crippen molar-refractivity contribution in [1.29, 1.82) is 0 Å². The number of methoxy groups -OCH3 is 1. The smallest absolute Gasteiger partial charge is 0.319 e. The zero-order chi connectivity index (χ0) is 17.1. The fraction of sp³-hybridized carbons (Fsp3) is 0.588. The maximum atomic E-state index is 11.8. The van der Waals surface area contributed by atoms with Gasteiger partial charge in [-0.3, -0.25) is 0 Å². The number of carbonyl (C=O) groups excluding carboxylic acids is 1. The van der Waals surface area contributed by atoms with E-state index in [1.807, 2.05) is 45.0 Å². The lowest BCUT2D eigenvalue weighted by Crippen LogP contribution is -2.38. The Labute approximate surface area is 138 Å². The average Bonchev–Trinajstić information content (AvgIpc) is 2.47. The summed E-state index contributed by atoms with van der Waals surface area (Å²) in [5, 5.41) is 5.60. The van der Waals surface area contributed by atoms with E-state index < -0.39 is 0 Å². The molecule has 6 heteroatoms. The summed E-state index contributed by atoms with van der Waals surface area (Å²) in [7, 11) is 1.60. The van der Waals surface area contributed by atoms with Crippen LogP contribution in [0.3, 0.4) is 0 Å². The molecule has 1 atom stereocenters. The lowest BCUT2D eigenvalue weighted by molar-refractivity contribution is 0.0143. The van der Waals surface area contributed by atoms with Crippen molar-refractivity contribution >= 4 is 11.7 Å². The van der Waals surface area contributed by atoms with Crippen LogP contribution in [0.1, 0.15) is 26.3 Å². The van der Waals surface area contributed by atoms with Crippen molar-refractivity contribution in [3.8, 4) is 0 Å². The average molecular weight is 324 g/mol. The molecule has 0 unspecified atom stereocenters. The third-order valence-corrected chi connectivity index (χ3v) is 2.93. The first-order valence-electron chi connectivity index (χ1n) is 7.86. The van der Waals surface area contributed by atoms with Gasteiger partial charge in [-0.05, 0) is 38.5 Å². The van der Waals surface area contributed by atoms with Crippen molar-refractivity contribution in [3.05, 3.63) is 29.8 Å². The van der Waals surface area contributed by atoms with Gasteiger partial charge in [0.2, 0.25) is 0 Å². The summed E-state index contributed by atoms with van der Waals surface area (Å²) in [6.07, 6.45) is 0.213. The fourth-order valence-corrected chi connectivity index (χ4v) is 1.95. The maximum absolute atomic E-state index is 11.8. The highest BCUT2D eigenvalue weighted by Gasteiger charge is 2.07. The van der Waals surface area contributed by atoms with Crippen LogP contribution in [0.25, 0.3) is 0 Å². The van der Waals surface area contributed by atoms with E-state index in [-0.39, 0.29) is 18.2 Å². The van der Waals surface area contributed by atoms with Crippen molar-refractivity contribution in [1.82, 2.24) is 5.32 Å². The van der Waals surface area contributed by atoms with Crippen LogP contribution in [-0.2, 0) is 20.8 Å². The first kappa shape index (κ1) is 19.4. The molecule has 1 aromatic rings. The number of urea groups is 1. The number of amides is 2. The molecule has 0 aliphatic carbocycles. The van der Waals surface area contributed by atoms with Gasteiger partial charge >= 0.3 is 6.03 Å². The summed E-state index contributed by atoms with van der Waals surface area (Å²) in [4.78, 5) is 11.8. The Morgan fingerprint density at radius 1 is 1.22 bits per heavy atom. The second-order valence-corrected chi connectivity index (χ2v) is 5.63. The molecule has 0 aromatic heterocycles. The zero-order valence-electron chi connectivity index (χ0n) is 14.4. The second kappa shape index (κ2) is 11.0. The number of hydrogen-bond donors (Lipinski definition) is 2. The van der Waals surface area contributed by atoms with Crippen molar-refractivity contribution in [2.75, 3.05) is 32.2 Å². The minimum atomic E-state index is -0.252. The Balaban J connectivity index is 2.36. The van der Waals surface area contributed by atoms with Gasteiger partial charge in [0.15, 0.2) is 0 Å². The van der Waals surface area contributed by atoms with Crippen LogP contribution in [0.5, 0.6) is 0 Å². The zero-order valence-corrected chi connectivity index (χ0v) is 14.4. The van der Waals surface area contributed by atoms with Crippen molar-refractivity contribution in [3.63, 3.8) is 0 Å². The predicted octanol–water partition coefficient (Wildman–Crippen LogP) is 2.78. The third-order valence-electron chi connectivity index (χ3n) is 2.93. The van der Waals surface area contributed by atoms with Crippen LogP contribution < -0.4 is 10.6 Å². The Morgan fingerprint density at radius 2 is 2.00 bits per heavy atom. The number of hydrogen-bond acceptors (Lipinski definition) is 4. The Kier molecular flexibility index (Phi) is 9.28. The van der Waals surface area contributed by atoms with Gasteiger partial charge in [-0.1, -0.05) is 12.1 Å². The highest BCUT2D eigenvalue weighted by molar-refractivity contribution is 5.89. The molecule has 1 aromatic carbocycles. The summed E-state index contributed by atoms with van der Waals surface area (Å²) in [6.45, 7) is 7.95. The SMILES string of the molecule is COC[C@@H](C)NC(=O)Nc1cccc(COCCOC(C)C)c1. The highest BCUT2D eigenvalue weighted by atomic mass is 16.5. The predicted molar refractivity (Wildman–Crippen MR) is 90.7 cm³/mol. The quantitative estimate of drug-likeness (QED) is 0.649. The van der Waals surface area contributed by atoms with E-state index in [0.717, 1.165) is 11.3 Å². The molecule has 0 aliphatic rings. The number of anilines is 1. The molecule has 6 nitrogen and oxygen atoms in total. The lowest BCUT2D eigenvalue weighted by atomic mass is 10.2. The summed E-state index contributed by atoms with van der Waals surface area (Å²) in [6, 6.07) is 7.28. The first-order valence-corrected chi connectivity index (χ1v) is 7.86. The van der Waals surface area contributed by atoms with Gasteiger partial charge in [-0.2, -0.15) is 0 Å². The molecule has 0 fully saturated rings. The van der Waals surface area contributed by atoms with Crippen LogP contribution in [0, 0.1) is 0 Å². The standard InChI is InChI=1S/C17H28N2O4/c1-13(2)23-9-8-22-12-15-6-5-7-16(10-15)19-17(20)18-14(3)11-21-4/h5-7,10,13-14H,8-9,11-12H2,1-4H3,(H2,18,19,20)/t14-/m1/s1.